The molecule has 0 bridgehead atoms. The summed E-state index contributed by atoms with van der Waals surface area (Å²) in [7, 11) is 0. The van der Waals surface area contributed by atoms with E-state index in [1.807, 2.05) is 30.3 Å². The van der Waals surface area contributed by atoms with Crippen LogP contribution in [0.25, 0.3) is 0 Å². The van der Waals surface area contributed by atoms with Gasteiger partial charge in [-0.1, -0.05) is 37.3 Å². The van der Waals surface area contributed by atoms with E-state index >= 15 is 0 Å². The first kappa shape index (κ1) is 18.5. The molecule has 2 amide bonds. The van der Waals surface area contributed by atoms with Gasteiger partial charge in [0.15, 0.2) is 0 Å². The van der Waals surface area contributed by atoms with Crippen molar-refractivity contribution in [1.82, 2.24) is 10.6 Å². The highest BCUT2D eigenvalue weighted by atomic mass is 35.5. The van der Waals surface area contributed by atoms with E-state index in [0.717, 1.165) is 18.4 Å². The Balaban J connectivity index is 0.00000242. The maximum Gasteiger partial charge on any atom is 0.242 e. The van der Waals surface area contributed by atoms with Gasteiger partial charge in [0.1, 0.15) is 6.04 Å². The summed E-state index contributed by atoms with van der Waals surface area (Å²) < 4.78 is 0. The van der Waals surface area contributed by atoms with Crippen LogP contribution < -0.4 is 16.4 Å². The summed E-state index contributed by atoms with van der Waals surface area (Å²) in [6.07, 6.45) is 2.57. The molecule has 1 fully saturated rings. The second kappa shape index (κ2) is 8.76. The summed E-state index contributed by atoms with van der Waals surface area (Å²) in [4.78, 5) is 24.2. The zero-order valence-corrected chi connectivity index (χ0v) is 13.6. The minimum absolute atomic E-state index is 0. The summed E-state index contributed by atoms with van der Waals surface area (Å²) >= 11 is 0. The highest BCUT2D eigenvalue weighted by molar-refractivity contribution is 5.88. The molecule has 0 spiro atoms. The predicted molar refractivity (Wildman–Crippen MR) is 88.6 cm³/mol. The second-order valence-electron chi connectivity index (χ2n) is 5.57. The van der Waals surface area contributed by atoms with Gasteiger partial charge in [0.2, 0.25) is 11.8 Å². The van der Waals surface area contributed by atoms with E-state index in [9.17, 15) is 9.59 Å². The van der Waals surface area contributed by atoms with Gasteiger partial charge in [-0.3, -0.25) is 9.59 Å². The number of carbonyl (C=O) groups excluding carboxylic acids is 2. The average molecular weight is 326 g/mol. The fourth-order valence-corrected chi connectivity index (χ4v) is 2.51. The predicted octanol–water partition coefficient (Wildman–Crippen LogP) is 1.53. The monoisotopic (exact) mass is 325 g/mol. The molecule has 0 saturated carbocycles. The van der Waals surface area contributed by atoms with Crippen LogP contribution in [0, 0.1) is 5.92 Å². The maximum atomic E-state index is 12.3. The van der Waals surface area contributed by atoms with Crippen molar-refractivity contribution in [3.05, 3.63) is 35.9 Å². The van der Waals surface area contributed by atoms with Crippen LogP contribution in [-0.4, -0.2) is 24.4 Å². The molecule has 1 heterocycles. The van der Waals surface area contributed by atoms with E-state index in [1.54, 1.807) is 6.92 Å². The van der Waals surface area contributed by atoms with Gasteiger partial charge in [0, 0.05) is 12.6 Å². The Kier molecular flexibility index (Phi) is 7.35. The summed E-state index contributed by atoms with van der Waals surface area (Å²) in [5.74, 6) is -0.654. The summed E-state index contributed by atoms with van der Waals surface area (Å²) in [5, 5.41) is 5.64. The molecular weight excluding hydrogens is 302 g/mol. The van der Waals surface area contributed by atoms with Crippen molar-refractivity contribution in [3.8, 4) is 0 Å². The Hall–Kier alpha value is -1.59. The molecule has 2 rings (SSSR count). The van der Waals surface area contributed by atoms with Crippen LogP contribution in [-0.2, 0) is 9.59 Å². The van der Waals surface area contributed by atoms with Gasteiger partial charge >= 0.3 is 0 Å². The standard InChI is InChI=1S/C16H23N3O2.ClH/c1-11(14(17)12-7-3-2-4-8-12)15(20)19-13-9-5-6-10-18-16(13)21;/h2-4,7-8,11,13-14H,5-6,9-10,17H2,1H3,(H,18,21)(H,19,20);1H. The summed E-state index contributed by atoms with van der Waals surface area (Å²) in [6, 6.07) is 8.72. The van der Waals surface area contributed by atoms with E-state index in [4.69, 9.17) is 5.73 Å². The molecule has 22 heavy (non-hydrogen) atoms. The zero-order valence-electron chi connectivity index (χ0n) is 12.7. The van der Waals surface area contributed by atoms with Crippen molar-refractivity contribution in [1.29, 1.82) is 0 Å². The smallest absolute Gasteiger partial charge is 0.242 e. The number of halogens is 1. The lowest BCUT2D eigenvalue weighted by Gasteiger charge is -2.22. The van der Waals surface area contributed by atoms with E-state index in [1.165, 1.54) is 0 Å². The summed E-state index contributed by atoms with van der Waals surface area (Å²) in [6.45, 7) is 2.48. The Morgan fingerprint density at radius 2 is 2.00 bits per heavy atom. The van der Waals surface area contributed by atoms with Gasteiger partial charge < -0.3 is 16.4 Å². The minimum atomic E-state index is -0.439. The van der Waals surface area contributed by atoms with Gasteiger partial charge in [-0.2, -0.15) is 0 Å². The molecule has 1 saturated heterocycles. The Labute approximate surface area is 137 Å². The first-order valence-electron chi connectivity index (χ1n) is 7.48. The van der Waals surface area contributed by atoms with Crippen LogP contribution in [0.5, 0.6) is 0 Å². The van der Waals surface area contributed by atoms with E-state index in [2.05, 4.69) is 10.6 Å². The SMILES string of the molecule is CC(C(=O)NC1CCCCNC1=O)C(N)c1ccccc1.Cl. The molecule has 1 aliphatic heterocycles. The lowest BCUT2D eigenvalue weighted by molar-refractivity contribution is -0.131. The highest BCUT2D eigenvalue weighted by Gasteiger charge is 2.27. The number of hydrogen-bond acceptors (Lipinski definition) is 3. The molecular formula is C16H24ClN3O2. The fraction of sp³-hybridized carbons (Fsp3) is 0.500. The molecule has 0 aromatic heterocycles. The van der Waals surface area contributed by atoms with Crippen LogP contribution in [0.4, 0.5) is 0 Å². The van der Waals surface area contributed by atoms with Crippen LogP contribution in [0.2, 0.25) is 0 Å². The Bertz CT molecular complexity index is 495. The molecule has 0 aliphatic carbocycles. The van der Waals surface area contributed by atoms with Crippen LogP contribution in [0.3, 0.4) is 0 Å². The average Bonchev–Trinajstić information content (AvgIpc) is 2.71. The topological polar surface area (TPSA) is 84.2 Å². The fourth-order valence-electron chi connectivity index (χ4n) is 2.51. The number of hydrogen-bond donors (Lipinski definition) is 3. The van der Waals surface area contributed by atoms with Crippen molar-refractivity contribution in [2.45, 2.75) is 38.3 Å². The molecule has 4 N–H and O–H groups in total. The molecule has 5 nitrogen and oxygen atoms in total. The molecule has 1 aromatic carbocycles. The van der Waals surface area contributed by atoms with E-state index < -0.39 is 6.04 Å². The highest BCUT2D eigenvalue weighted by Crippen LogP contribution is 2.19. The minimum Gasteiger partial charge on any atom is -0.354 e. The molecule has 1 aromatic rings. The van der Waals surface area contributed by atoms with Crippen molar-refractivity contribution in [3.63, 3.8) is 0 Å². The van der Waals surface area contributed by atoms with Gasteiger partial charge in [-0.05, 0) is 24.8 Å². The molecule has 122 valence electrons. The Morgan fingerprint density at radius 3 is 2.68 bits per heavy atom. The molecule has 3 unspecified atom stereocenters. The molecule has 0 radical (unpaired) electrons. The van der Waals surface area contributed by atoms with Crippen LogP contribution in [0.1, 0.15) is 37.8 Å². The van der Waals surface area contributed by atoms with Crippen molar-refractivity contribution < 1.29 is 9.59 Å². The molecule has 1 aliphatic rings. The van der Waals surface area contributed by atoms with Gasteiger partial charge in [-0.15, -0.1) is 12.4 Å². The third kappa shape index (κ3) is 4.71. The molecule has 3 atom stereocenters. The number of rotatable bonds is 4. The van der Waals surface area contributed by atoms with Crippen molar-refractivity contribution in [2.75, 3.05) is 6.54 Å². The lowest BCUT2D eigenvalue weighted by Crippen LogP contribution is -2.48. The number of benzene rings is 1. The number of nitrogens with two attached hydrogens (primary N) is 1. The zero-order chi connectivity index (χ0) is 15.2. The van der Waals surface area contributed by atoms with E-state index in [0.29, 0.717) is 13.0 Å². The van der Waals surface area contributed by atoms with Crippen molar-refractivity contribution >= 4 is 24.2 Å². The number of carbonyl (C=O) groups is 2. The molecule has 6 heteroatoms. The summed E-state index contributed by atoms with van der Waals surface area (Å²) in [5.41, 5.74) is 7.07. The van der Waals surface area contributed by atoms with Crippen LogP contribution in [0.15, 0.2) is 30.3 Å². The van der Waals surface area contributed by atoms with Crippen molar-refractivity contribution in [2.24, 2.45) is 11.7 Å². The Morgan fingerprint density at radius 1 is 1.32 bits per heavy atom. The second-order valence-corrected chi connectivity index (χ2v) is 5.57. The van der Waals surface area contributed by atoms with Crippen LogP contribution >= 0.6 is 12.4 Å². The number of amides is 2. The van der Waals surface area contributed by atoms with Gasteiger partial charge in [0.25, 0.3) is 0 Å². The lowest BCUT2D eigenvalue weighted by atomic mass is 9.94. The van der Waals surface area contributed by atoms with Gasteiger partial charge in [0.05, 0.1) is 5.92 Å². The number of nitrogens with one attached hydrogen (secondary N) is 2. The van der Waals surface area contributed by atoms with Gasteiger partial charge in [-0.25, -0.2) is 0 Å². The largest absolute Gasteiger partial charge is 0.354 e. The van der Waals surface area contributed by atoms with E-state index in [-0.39, 0.29) is 36.2 Å². The quantitative estimate of drug-likeness (QED) is 0.785. The third-order valence-corrected chi connectivity index (χ3v) is 3.99. The maximum absolute atomic E-state index is 12.3. The first-order chi connectivity index (χ1) is 10.1. The third-order valence-electron chi connectivity index (χ3n) is 3.99. The normalized spacial score (nSPS) is 20.8. The first-order valence-corrected chi connectivity index (χ1v) is 7.48.